The van der Waals surface area contributed by atoms with Crippen LogP contribution in [0.1, 0.15) is 32.3 Å². The van der Waals surface area contributed by atoms with Crippen molar-refractivity contribution in [3.8, 4) is 0 Å². The van der Waals surface area contributed by atoms with Crippen LogP contribution in [-0.2, 0) is 0 Å². The average molecular weight is 321 g/mol. The molecule has 0 N–H and O–H groups in total. The van der Waals surface area contributed by atoms with Gasteiger partial charge >= 0.3 is 0 Å². The minimum absolute atomic E-state index is 0.0808. The summed E-state index contributed by atoms with van der Waals surface area (Å²) in [4.78, 5) is 7.21. The molecule has 2 aliphatic heterocycles. The molecule has 2 saturated heterocycles. The molecule has 23 heavy (non-hydrogen) atoms. The number of halogens is 1. The number of nitrogens with zero attached hydrogens (tertiary/aromatic N) is 3. The third-order valence-electron chi connectivity index (χ3n) is 4.96. The molecule has 3 nitrogen and oxygen atoms in total. The summed E-state index contributed by atoms with van der Waals surface area (Å²) in [5, 5.41) is 0. The Morgan fingerprint density at radius 2 is 1.57 bits per heavy atom. The summed E-state index contributed by atoms with van der Waals surface area (Å²) in [7, 11) is 2.20. The largest absolute Gasteiger partial charge is 0.367 e. The maximum atomic E-state index is 14.1. The Kier molecular flexibility index (Phi) is 6.85. The third kappa shape index (κ3) is 4.67. The van der Waals surface area contributed by atoms with Crippen molar-refractivity contribution in [2.75, 3.05) is 51.2 Å². The summed E-state index contributed by atoms with van der Waals surface area (Å²) in [5.41, 5.74) is 1.75. The van der Waals surface area contributed by atoms with Crippen LogP contribution in [-0.4, -0.2) is 62.2 Å². The fraction of sp³-hybridized carbons (Fsp3) is 0.684. The van der Waals surface area contributed by atoms with Crippen molar-refractivity contribution in [2.45, 2.75) is 39.7 Å². The lowest BCUT2D eigenvalue weighted by molar-refractivity contribution is 0.115. The number of hydrogen-bond acceptors (Lipinski definition) is 3. The van der Waals surface area contributed by atoms with Crippen LogP contribution < -0.4 is 4.90 Å². The van der Waals surface area contributed by atoms with Crippen LogP contribution in [0.3, 0.4) is 0 Å². The maximum absolute atomic E-state index is 14.1. The molecule has 0 aliphatic carbocycles. The standard InChI is InChI=1S/C17H26FN3.C2H6/c1-14-3-4-17(16(18)13-14)21-11-9-20(10-12-21)15-5-7-19(2)8-6-15;1-2/h3-4,13,15H,5-12H2,1-2H3;1-2H3. The molecule has 2 fully saturated rings. The van der Waals surface area contributed by atoms with E-state index in [-0.39, 0.29) is 5.82 Å². The predicted octanol–water partition coefficient (Wildman–Crippen LogP) is 3.38. The topological polar surface area (TPSA) is 9.72 Å². The summed E-state index contributed by atoms with van der Waals surface area (Å²) >= 11 is 0. The molecule has 0 spiro atoms. The van der Waals surface area contributed by atoms with E-state index in [4.69, 9.17) is 0 Å². The molecule has 0 unspecified atom stereocenters. The molecule has 2 heterocycles. The molecule has 0 aromatic heterocycles. The number of likely N-dealkylation sites (tertiary alicyclic amines) is 1. The lowest BCUT2D eigenvalue weighted by Crippen LogP contribution is -2.53. The van der Waals surface area contributed by atoms with Crippen molar-refractivity contribution in [1.29, 1.82) is 0 Å². The van der Waals surface area contributed by atoms with E-state index in [1.54, 1.807) is 6.07 Å². The van der Waals surface area contributed by atoms with Gasteiger partial charge in [0, 0.05) is 32.2 Å². The highest BCUT2D eigenvalue weighted by atomic mass is 19.1. The fourth-order valence-electron chi connectivity index (χ4n) is 3.56. The Morgan fingerprint density at radius 1 is 0.957 bits per heavy atom. The highest BCUT2D eigenvalue weighted by molar-refractivity contribution is 5.49. The fourth-order valence-corrected chi connectivity index (χ4v) is 3.56. The molecule has 0 bridgehead atoms. The molecule has 1 aromatic rings. The molecule has 1 aromatic carbocycles. The minimum atomic E-state index is -0.0808. The van der Waals surface area contributed by atoms with Gasteiger partial charge in [0.25, 0.3) is 0 Å². The molecule has 4 heteroatoms. The van der Waals surface area contributed by atoms with Crippen molar-refractivity contribution in [2.24, 2.45) is 0 Å². The van der Waals surface area contributed by atoms with Gasteiger partial charge in [-0.2, -0.15) is 0 Å². The Hall–Kier alpha value is -1.13. The van der Waals surface area contributed by atoms with Crippen LogP contribution in [0.2, 0.25) is 0 Å². The molecular formula is C19H32FN3. The number of aryl methyl sites for hydroxylation is 1. The molecule has 0 amide bonds. The number of rotatable bonds is 2. The van der Waals surface area contributed by atoms with Gasteiger partial charge in [0.1, 0.15) is 5.82 Å². The maximum Gasteiger partial charge on any atom is 0.146 e. The Morgan fingerprint density at radius 3 is 2.13 bits per heavy atom. The van der Waals surface area contributed by atoms with Crippen molar-refractivity contribution in [1.82, 2.24) is 9.80 Å². The SMILES string of the molecule is CC.Cc1ccc(N2CCN(C3CCN(C)CC3)CC2)c(F)c1. The zero-order valence-corrected chi connectivity index (χ0v) is 15.2. The molecule has 0 atom stereocenters. The summed E-state index contributed by atoms with van der Waals surface area (Å²) in [5.74, 6) is -0.0808. The summed E-state index contributed by atoms with van der Waals surface area (Å²) in [6.07, 6.45) is 2.55. The number of anilines is 1. The van der Waals surface area contributed by atoms with Gasteiger partial charge in [-0.3, -0.25) is 4.90 Å². The summed E-state index contributed by atoms with van der Waals surface area (Å²) in [6, 6.07) is 6.29. The predicted molar refractivity (Wildman–Crippen MR) is 96.8 cm³/mol. The first-order chi connectivity index (χ1) is 11.1. The van der Waals surface area contributed by atoms with Crippen LogP contribution in [0, 0.1) is 12.7 Å². The summed E-state index contributed by atoms with van der Waals surface area (Å²) in [6.45, 7) is 12.3. The van der Waals surface area contributed by atoms with Crippen LogP contribution in [0.25, 0.3) is 0 Å². The second-order valence-electron chi connectivity index (χ2n) is 6.51. The van der Waals surface area contributed by atoms with E-state index < -0.39 is 0 Å². The first-order valence-corrected chi connectivity index (χ1v) is 9.07. The first kappa shape index (κ1) is 18.2. The van der Waals surface area contributed by atoms with Crippen molar-refractivity contribution in [3.63, 3.8) is 0 Å². The van der Waals surface area contributed by atoms with E-state index in [1.807, 2.05) is 32.9 Å². The lowest BCUT2D eigenvalue weighted by Gasteiger charge is -2.42. The number of hydrogen-bond donors (Lipinski definition) is 0. The van der Waals surface area contributed by atoms with E-state index >= 15 is 0 Å². The number of piperidine rings is 1. The van der Waals surface area contributed by atoms with Gasteiger partial charge < -0.3 is 9.80 Å². The van der Waals surface area contributed by atoms with Gasteiger partial charge in [-0.25, -0.2) is 4.39 Å². The van der Waals surface area contributed by atoms with Crippen LogP contribution >= 0.6 is 0 Å². The van der Waals surface area contributed by atoms with Crippen LogP contribution in [0.5, 0.6) is 0 Å². The Balaban J connectivity index is 0.000000924. The highest BCUT2D eigenvalue weighted by Gasteiger charge is 2.27. The third-order valence-corrected chi connectivity index (χ3v) is 4.96. The van der Waals surface area contributed by atoms with Crippen molar-refractivity contribution >= 4 is 5.69 Å². The monoisotopic (exact) mass is 321 g/mol. The second kappa shape index (κ2) is 8.65. The number of piperazine rings is 1. The van der Waals surface area contributed by atoms with Gasteiger partial charge in [0.05, 0.1) is 5.69 Å². The second-order valence-corrected chi connectivity index (χ2v) is 6.51. The van der Waals surface area contributed by atoms with Gasteiger partial charge in [-0.15, -0.1) is 0 Å². The smallest absolute Gasteiger partial charge is 0.146 e. The molecular weight excluding hydrogens is 289 g/mol. The quantitative estimate of drug-likeness (QED) is 0.827. The first-order valence-electron chi connectivity index (χ1n) is 9.07. The van der Waals surface area contributed by atoms with Gasteiger partial charge in [0.15, 0.2) is 0 Å². The lowest BCUT2D eigenvalue weighted by atomic mass is 10.0. The van der Waals surface area contributed by atoms with Crippen molar-refractivity contribution in [3.05, 3.63) is 29.6 Å². The van der Waals surface area contributed by atoms with E-state index in [1.165, 1.54) is 25.9 Å². The van der Waals surface area contributed by atoms with Gasteiger partial charge in [0.2, 0.25) is 0 Å². The molecule has 3 rings (SSSR count). The Bertz CT molecular complexity index is 476. The van der Waals surface area contributed by atoms with Crippen LogP contribution in [0.15, 0.2) is 18.2 Å². The molecule has 130 valence electrons. The van der Waals surface area contributed by atoms with E-state index in [2.05, 4.69) is 21.7 Å². The van der Waals surface area contributed by atoms with Crippen molar-refractivity contribution < 1.29 is 4.39 Å². The normalized spacial score (nSPS) is 21.0. The van der Waals surface area contributed by atoms with E-state index in [0.717, 1.165) is 43.5 Å². The van der Waals surface area contributed by atoms with E-state index in [0.29, 0.717) is 0 Å². The highest BCUT2D eigenvalue weighted by Crippen LogP contribution is 2.24. The van der Waals surface area contributed by atoms with Gasteiger partial charge in [-0.05, 0) is 57.6 Å². The zero-order valence-electron chi connectivity index (χ0n) is 15.2. The zero-order chi connectivity index (χ0) is 16.8. The molecule has 2 aliphatic rings. The molecule has 0 saturated carbocycles. The van der Waals surface area contributed by atoms with Crippen LogP contribution in [0.4, 0.5) is 10.1 Å². The molecule has 0 radical (unpaired) electrons. The number of benzene rings is 1. The Labute approximate surface area is 141 Å². The summed E-state index contributed by atoms with van der Waals surface area (Å²) < 4.78 is 14.1. The average Bonchev–Trinajstić information content (AvgIpc) is 2.58. The van der Waals surface area contributed by atoms with Gasteiger partial charge in [-0.1, -0.05) is 19.9 Å². The van der Waals surface area contributed by atoms with E-state index in [9.17, 15) is 4.39 Å². The minimum Gasteiger partial charge on any atom is -0.367 e.